The Labute approximate surface area is 106 Å². The van der Waals surface area contributed by atoms with Crippen molar-refractivity contribution >= 4 is 6.08 Å². The summed E-state index contributed by atoms with van der Waals surface area (Å²) >= 11 is 0. The second-order valence-corrected chi connectivity index (χ2v) is 4.64. The van der Waals surface area contributed by atoms with Crippen LogP contribution >= 0.6 is 0 Å². The molecule has 1 heteroatoms. The Balaban J connectivity index is 2.53. The molecule has 0 saturated carbocycles. The van der Waals surface area contributed by atoms with E-state index in [1.165, 1.54) is 28.7 Å². The van der Waals surface area contributed by atoms with Gasteiger partial charge < -0.3 is 4.74 Å². The van der Waals surface area contributed by atoms with Crippen molar-refractivity contribution in [3.63, 3.8) is 0 Å². The fourth-order valence-corrected chi connectivity index (χ4v) is 2.02. The number of benzene rings is 1. The summed E-state index contributed by atoms with van der Waals surface area (Å²) in [6, 6.07) is 4.45. The predicted molar refractivity (Wildman–Crippen MR) is 75.4 cm³/mol. The SMILES string of the molecule is CCCCOCC=Cc1c(C)cc(C)cc1C. The van der Waals surface area contributed by atoms with Crippen LogP contribution in [0.4, 0.5) is 0 Å². The molecule has 0 heterocycles. The topological polar surface area (TPSA) is 9.23 Å². The van der Waals surface area contributed by atoms with E-state index in [0.29, 0.717) is 6.61 Å². The molecule has 1 aromatic rings. The first-order valence-corrected chi connectivity index (χ1v) is 6.47. The van der Waals surface area contributed by atoms with Crippen LogP contribution in [0.3, 0.4) is 0 Å². The van der Waals surface area contributed by atoms with E-state index in [0.717, 1.165) is 13.0 Å². The lowest BCUT2D eigenvalue weighted by molar-refractivity contribution is 0.159. The lowest BCUT2D eigenvalue weighted by Gasteiger charge is -2.07. The van der Waals surface area contributed by atoms with Gasteiger partial charge in [-0.05, 0) is 43.9 Å². The first kappa shape index (κ1) is 14.0. The van der Waals surface area contributed by atoms with Gasteiger partial charge in [-0.2, -0.15) is 0 Å². The Kier molecular flexibility index (Phi) is 5.99. The van der Waals surface area contributed by atoms with Crippen LogP contribution in [0.1, 0.15) is 42.0 Å². The average Bonchev–Trinajstić information content (AvgIpc) is 2.26. The molecule has 0 N–H and O–H groups in total. The van der Waals surface area contributed by atoms with Gasteiger partial charge in [-0.3, -0.25) is 0 Å². The van der Waals surface area contributed by atoms with Crippen LogP contribution in [0.2, 0.25) is 0 Å². The van der Waals surface area contributed by atoms with Crippen LogP contribution in [0, 0.1) is 20.8 Å². The van der Waals surface area contributed by atoms with E-state index in [-0.39, 0.29) is 0 Å². The van der Waals surface area contributed by atoms with E-state index in [4.69, 9.17) is 4.74 Å². The number of rotatable bonds is 6. The maximum absolute atomic E-state index is 5.51. The third kappa shape index (κ3) is 4.74. The van der Waals surface area contributed by atoms with Crippen molar-refractivity contribution in [3.05, 3.63) is 40.5 Å². The van der Waals surface area contributed by atoms with E-state index in [2.05, 4.69) is 52.0 Å². The van der Waals surface area contributed by atoms with Crippen molar-refractivity contribution in [1.29, 1.82) is 0 Å². The van der Waals surface area contributed by atoms with E-state index >= 15 is 0 Å². The summed E-state index contributed by atoms with van der Waals surface area (Å²) < 4.78 is 5.51. The van der Waals surface area contributed by atoms with Crippen molar-refractivity contribution in [3.8, 4) is 0 Å². The highest BCUT2D eigenvalue weighted by molar-refractivity contribution is 5.58. The highest BCUT2D eigenvalue weighted by Gasteiger charge is 1.99. The van der Waals surface area contributed by atoms with Crippen molar-refractivity contribution in [2.45, 2.75) is 40.5 Å². The van der Waals surface area contributed by atoms with Gasteiger partial charge in [-0.15, -0.1) is 0 Å². The highest BCUT2D eigenvalue weighted by Crippen LogP contribution is 2.17. The maximum Gasteiger partial charge on any atom is 0.0650 e. The molecule has 0 aliphatic carbocycles. The molecule has 1 aromatic carbocycles. The zero-order chi connectivity index (χ0) is 12.7. The Hall–Kier alpha value is -1.08. The molecule has 1 rings (SSSR count). The first-order chi connectivity index (χ1) is 8.15. The van der Waals surface area contributed by atoms with E-state index in [9.17, 15) is 0 Å². The highest BCUT2D eigenvalue weighted by atomic mass is 16.5. The van der Waals surface area contributed by atoms with Gasteiger partial charge in [-0.1, -0.05) is 43.2 Å². The summed E-state index contributed by atoms with van der Waals surface area (Å²) in [5, 5.41) is 0. The molecule has 94 valence electrons. The number of unbranched alkanes of at least 4 members (excludes halogenated alkanes) is 1. The Bertz CT molecular complexity index is 354. The van der Waals surface area contributed by atoms with E-state index in [1.807, 2.05) is 0 Å². The van der Waals surface area contributed by atoms with Crippen LogP contribution in [0.25, 0.3) is 6.08 Å². The molecule has 0 bridgehead atoms. The van der Waals surface area contributed by atoms with Crippen LogP contribution in [-0.2, 0) is 4.74 Å². The van der Waals surface area contributed by atoms with Crippen molar-refractivity contribution in [2.24, 2.45) is 0 Å². The molecule has 0 radical (unpaired) electrons. The third-order valence-corrected chi connectivity index (χ3v) is 2.88. The van der Waals surface area contributed by atoms with Gasteiger partial charge >= 0.3 is 0 Å². The molecule has 0 unspecified atom stereocenters. The second-order valence-electron chi connectivity index (χ2n) is 4.64. The second kappa shape index (κ2) is 7.29. The monoisotopic (exact) mass is 232 g/mol. The maximum atomic E-state index is 5.51. The summed E-state index contributed by atoms with van der Waals surface area (Å²) in [5.74, 6) is 0. The van der Waals surface area contributed by atoms with Crippen molar-refractivity contribution in [1.82, 2.24) is 0 Å². The smallest absolute Gasteiger partial charge is 0.0650 e. The number of hydrogen-bond acceptors (Lipinski definition) is 1. The molecule has 0 atom stereocenters. The lowest BCUT2D eigenvalue weighted by Crippen LogP contribution is -1.94. The zero-order valence-corrected chi connectivity index (χ0v) is 11.5. The van der Waals surface area contributed by atoms with Crippen LogP contribution < -0.4 is 0 Å². The third-order valence-electron chi connectivity index (χ3n) is 2.88. The summed E-state index contributed by atoms with van der Waals surface area (Å²) in [4.78, 5) is 0. The van der Waals surface area contributed by atoms with Gasteiger partial charge in [0.15, 0.2) is 0 Å². The average molecular weight is 232 g/mol. The fraction of sp³-hybridized carbons (Fsp3) is 0.500. The van der Waals surface area contributed by atoms with Gasteiger partial charge in [0.05, 0.1) is 6.61 Å². The molecule has 0 fully saturated rings. The molecular formula is C16H24O. The Morgan fingerprint density at radius 1 is 1.12 bits per heavy atom. The van der Waals surface area contributed by atoms with Gasteiger partial charge in [-0.25, -0.2) is 0 Å². The van der Waals surface area contributed by atoms with Crippen LogP contribution in [0.15, 0.2) is 18.2 Å². The minimum Gasteiger partial charge on any atom is -0.377 e. The zero-order valence-electron chi connectivity index (χ0n) is 11.5. The quantitative estimate of drug-likeness (QED) is 0.659. The summed E-state index contributed by atoms with van der Waals surface area (Å²) in [6.07, 6.45) is 6.63. The molecule has 1 nitrogen and oxygen atoms in total. The molecule has 0 aliphatic heterocycles. The predicted octanol–water partition coefficient (Wildman–Crippen LogP) is 4.44. The normalized spacial score (nSPS) is 11.3. The van der Waals surface area contributed by atoms with Crippen molar-refractivity contribution < 1.29 is 4.74 Å². The molecule has 0 saturated heterocycles. The van der Waals surface area contributed by atoms with Gasteiger partial charge in [0.2, 0.25) is 0 Å². The Morgan fingerprint density at radius 3 is 2.35 bits per heavy atom. The van der Waals surface area contributed by atoms with Crippen molar-refractivity contribution in [2.75, 3.05) is 13.2 Å². The molecule has 0 aromatic heterocycles. The summed E-state index contributed by atoms with van der Waals surface area (Å²) in [6.45, 7) is 10.2. The molecule has 0 aliphatic rings. The largest absolute Gasteiger partial charge is 0.377 e. The van der Waals surface area contributed by atoms with Crippen LogP contribution in [-0.4, -0.2) is 13.2 Å². The summed E-state index contributed by atoms with van der Waals surface area (Å²) in [5.41, 5.74) is 5.34. The first-order valence-electron chi connectivity index (χ1n) is 6.47. The van der Waals surface area contributed by atoms with Gasteiger partial charge in [0.1, 0.15) is 0 Å². The minimum absolute atomic E-state index is 0.715. The molecule has 0 spiro atoms. The van der Waals surface area contributed by atoms with Gasteiger partial charge in [0, 0.05) is 6.61 Å². The fourth-order valence-electron chi connectivity index (χ4n) is 2.02. The number of aryl methyl sites for hydroxylation is 3. The standard InChI is InChI=1S/C16H24O/c1-5-6-9-17-10-7-8-16-14(3)11-13(2)12-15(16)4/h7-8,11-12H,5-6,9-10H2,1-4H3. The van der Waals surface area contributed by atoms with Gasteiger partial charge in [0.25, 0.3) is 0 Å². The summed E-state index contributed by atoms with van der Waals surface area (Å²) in [7, 11) is 0. The minimum atomic E-state index is 0.715. The lowest BCUT2D eigenvalue weighted by atomic mass is 9.99. The molecular weight excluding hydrogens is 208 g/mol. The molecule has 17 heavy (non-hydrogen) atoms. The number of ether oxygens (including phenoxy) is 1. The number of hydrogen-bond donors (Lipinski definition) is 0. The van der Waals surface area contributed by atoms with Crippen LogP contribution in [0.5, 0.6) is 0 Å². The molecule has 0 amide bonds. The van der Waals surface area contributed by atoms with E-state index < -0.39 is 0 Å². The Morgan fingerprint density at radius 2 is 1.76 bits per heavy atom. The van der Waals surface area contributed by atoms with E-state index in [1.54, 1.807) is 0 Å².